The summed E-state index contributed by atoms with van der Waals surface area (Å²) in [6, 6.07) is 9.21. The second-order valence-corrected chi connectivity index (χ2v) is 8.84. The molecular formula is C23H20FN3O4S. The number of hydrogen-bond acceptors (Lipinski definition) is 5. The summed E-state index contributed by atoms with van der Waals surface area (Å²) >= 11 is 1.39. The largest absolute Gasteiger partial charge is 0.467 e. The van der Waals surface area contributed by atoms with Crippen molar-refractivity contribution in [2.24, 2.45) is 0 Å². The lowest BCUT2D eigenvalue weighted by molar-refractivity contribution is -0.116. The summed E-state index contributed by atoms with van der Waals surface area (Å²) in [4.78, 5) is 41.0. The first-order valence-corrected chi connectivity index (χ1v) is 11.2. The Kier molecular flexibility index (Phi) is 5.26. The number of furan rings is 1. The van der Waals surface area contributed by atoms with Gasteiger partial charge in [-0.1, -0.05) is 12.1 Å². The third-order valence-electron chi connectivity index (χ3n) is 5.66. The van der Waals surface area contributed by atoms with Crippen molar-refractivity contribution in [3.8, 4) is 0 Å². The fourth-order valence-electron chi connectivity index (χ4n) is 4.15. The molecule has 1 amide bonds. The lowest BCUT2D eigenvalue weighted by Gasteiger charge is -2.13. The van der Waals surface area contributed by atoms with Crippen molar-refractivity contribution in [3.05, 3.63) is 85.5 Å². The topological polar surface area (TPSA) is 86.2 Å². The van der Waals surface area contributed by atoms with Gasteiger partial charge in [-0.25, -0.2) is 9.18 Å². The third-order valence-corrected chi connectivity index (χ3v) is 6.98. The zero-order valence-corrected chi connectivity index (χ0v) is 17.9. The SMILES string of the molecule is O=C(Cn1c(=O)n(Cc2ccco2)c(=O)c2c3c(sc21)CCCC3)Nc1ccccc1F. The summed E-state index contributed by atoms with van der Waals surface area (Å²) in [6.45, 7) is -0.359. The zero-order valence-electron chi connectivity index (χ0n) is 17.1. The normalized spacial score (nSPS) is 13.3. The number of hydrogen-bond donors (Lipinski definition) is 1. The number of fused-ring (bicyclic) bond motifs is 3. The first-order valence-electron chi connectivity index (χ1n) is 10.4. The van der Waals surface area contributed by atoms with Gasteiger partial charge in [-0.3, -0.25) is 18.7 Å². The third kappa shape index (κ3) is 3.58. The van der Waals surface area contributed by atoms with Crippen LogP contribution in [0.2, 0.25) is 0 Å². The molecule has 9 heteroatoms. The van der Waals surface area contributed by atoms with Crippen molar-refractivity contribution < 1.29 is 13.6 Å². The number of amides is 1. The van der Waals surface area contributed by atoms with Gasteiger partial charge >= 0.3 is 5.69 Å². The van der Waals surface area contributed by atoms with Crippen LogP contribution in [-0.4, -0.2) is 15.0 Å². The van der Waals surface area contributed by atoms with Gasteiger partial charge in [0.25, 0.3) is 5.56 Å². The number of thiophene rings is 1. The average Bonchev–Trinajstić information content (AvgIpc) is 3.43. The van der Waals surface area contributed by atoms with Gasteiger partial charge < -0.3 is 9.73 Å². The molecule has 5 rings (SSSR count). The highest BCUT2D eigenvalue weighted by molar-refractivity contribution is 7.18. The van der Waals surface area contributed by atoms with Crippen molar-refractivity contribution in [2.75, 3.05) is 5.32 Å². The molecule has 0 saturated heterocycles. The number of halogens is 1. The lowest BCUT2D eigenvalue weighted by Crippen LogP contribution is -2.41. The van der Waals surface area contributed by atoms with Crippen LogP contribution in [0, 0.1) is 5.82 Å². The number of carbonyl (C=O) groups excluding carboxylic acids is 1. The molecule has 0 saturated carbocycles. The molecular weight excluding hydrogens is 433 g/mol. The molecule has 0 aliphatic heterocycles. The summed E-state index contributed by atoms with van der Waals surface area (Å²) in [5.41, 5.74) is 0.0432. The maximum absolute atomic E-state index is 14.0. The highest BCUT2D eigenvalue weighted by Crippen LogP contribution is 2.34. The van der Waals surface area contributed by atoms with E-state index in [1.54, 1.807) is 18.2 Å². The van der Waals surface area contributed by atoms with Gasteiger partial charge in [0.15, 0.2) is 0 Å². The van der Waals surface area contributed by atoms with Gasteiger partial charge in [0.05, 0.1) is 23.9 Å². The van der Waals surface area contributed by atoms with Crippen molar-refractivity contribution in [1.82, 2.24) is 9.13 Å². The number of nitrogens with one attached hydrogen (secondary N) is 1. The van der Waals surface area contributed by atoms with Crippen molar-refractivity contribution >= 4 is 33.1 Å². The molecule has 0 spiro atoms. The predicted octanol–water partition coefficient (Wildman–Crippen LogP) is 3.52. The van der Waals surface area contributed by atoms with E-state index in [4.69, 9.17) is 4.42 Å². The number of benzene rings is 1. The highest BCUT2D eigenvalue weighted by atomic mass is 32.1. The molecule has 3 aromatic heterocycles. The first kappa shape index (κ1) is 20.4. The Morgan fingerprint density at radius 3 is 2.69 bits per heavy atom. The molecule has 1 N–H and O–H groups in total. The summed E-state index contributed by atoms with van der Waals surface area (Å²) in [6.07, 6.45) is 5.10. The molecule has 0 bridgehead atoms. The molecule has 1 aliphatic carbocycles. The molecule has 164 valence electrons. The van der Waals surface area contributed by atoms with Crippen LogP contribution in [0.25, 0.3) is 10.2 Å². The molecule has 0 atom stereocenters. The van der Waals surface area contributed by atoms with Crippen LogP contribution >= 0.6 is 11.3 Å². The van der Waals surface area contributed by atoms with Crippen molar-refractivity contribution in [1.29, 1.82) is 0 Å². The van der Waals surface area contributed by atoms with Gasteiger partial charge in [0, 0.05) is 4.88 Å². The van der Waals surface area contributed by atoms with Crippen molar-refractivity contribution in [3.63, 3.8) is 0 Å². The second-order valence-electron chi connectivity index (χ2n) is 7.76. The van der Waals surface area contributed by atoms with Crippen LogP contribution in [-0.2, 0) is 30.7 Å². The zero-order chi connectivity index (χ0) is 22.2. The molecule has 4 aromatic rings. The van der Waals surface area contributed by atoms with E-state index in [0.717, 1.165) is 40.7 Å². The maximum atomic E-state index is 14.0. The number of para-hydroxylation sites is 1. The Morgan fingerprint density at radius 2 is 1.91 bits per heavy atom. The number of anilines is 1. The van der Waals surface area contributed by atoms with E-state index in [-0.39, 0.29) is 24.3 Å². The monoisotopic (exact) mass is 453 g/mol. The predicted molar refractivity (Wildman–Crippen MR) is 120 cm³/mol. The Morgan fingerprint density at radius 1 is 1.09 bits per heavy atom. The molecule has 0 fully saturated rings. The fraction of sp³-hybridized carbons (Fsp3) is 0.261. The second kappa shape index (κ2) is 8.23. The molecule has 1 aliphatic rings. The van der Waals surface area contributed by atoms with Crippen LogP contribution in [0.4, 0.5) is 10.1 Å². The molecule has 0 unspecified atom stereocenters. The van der Waals surface area contributed by atoms with E-state index in [1.807, 2.05) is 0 Å². The van der Waals surface area contributed by atoms with Gasteiger partial charge in [0.1, 0.15) is 23.0 Å². The van der Waals surface area contributed by atoms with Crippen molar-refractivity contribution in [2.45, 2.75) is 38.8 Å². The lowest BCUT2D eigenvalue weighted by atomic mass is 9.97. The number of aromatic nitrogens is 2. The van der Waals surface area contributed by atoms with E-state index >= 15 is 0 Å². The average molecular weight is 453 g/mol. The Hall–Kier alpha value is -3.46. The number of nitrogens with zero attached hydrogens (tertiary/aromatic N) is 2. The summed E-state index contributed by atoms with van der Waals surface area (Å²) in [5, 5.41) is 3.01. The summed E-state index contributed by atoms with van der Waals surface area (Å²) in [7, 11) is 0. The molecule has 32 heavy (non-hydrogen) atoms. The number of rotatable bonds is 5. The van der Waals surface area contributed by atoms with Gasteiger partial charge in [-0.2, -0.15) is 0 Å². The summed E-state index contributed by atoms with van der Waals surface area (Å²) < 4.78 is 21.7. The van der Waals surface area contributed by atoms with Crippen LogP contribution in [0.5, 0.6) is 0 Å². The first-order chi connectivity index (χ1) is 15.5. The molecule has 3 heterocycles. The van der Waals surface area contributed by atoms with E-state index in [2.05, 4.69) is 5.32 Å². The minimum atomic E-state index is -0.596. The van der Waals surface area contributed by atoms with Crippen LogP contribution in [0.1, 0.15) is 29.0 Å². The fourth-order valence-corrected chi connectivity index (χ4v) is 5.52. The van der Waals surface area contributed by atoms with Crippen LogP contribution in [0.3, 0.4) is 0 Å². The smallest absolute Gasteiger partial charge is 0.333 e. The quantitative estimate of drug-likeness (QED) is 0.501. The minimum Gasteiger partial charge on any atom is -0.467 e. The highest BCUT2D eigenvalue weighted by Gasteiger charge is 2.25. The standard InChI is InChI=1S/C23H20FN3O4S/c24-16-8-2-3-9-17(16)25-19(28)13-27-22-20(15-7-1-4-10-18(15)32-22)21(29)26(23(27)30)12-14-6-5-11-31-14/h2-3,5-6,8-9,11H,1,4,7,10,12-13H2,(H,25,28). The van der Waals surface area contributed by atoms with Gasteiger partial charge in [-0.05, 0) is 55.5 Å². The van der Waals surface area contributed by atoms with Crippen LogP contribution < -0.4 is 16.6 Å². The summed E-state index contributed by atoms with van der Waals surface area (Å²) in [5.74, 6) is -0.643. The van der Waals surface area contributed by atoms with E-state index in [9.17, 15) is 18.8 Å². The number of carbonyl (C=O) groups is 1. The Bertz CT molecular complexity index is 1430. The van der Waals surface area contributed by atoms with E-state index in [0.29, 0.717) is 16.0 Å². The number of aryl methyl sites for hydroxylation is 2. The van der Waals surface area contributed by atoms with Gasteiger partial charge in [0.2, 0.25) is 5.91 Å². The Labute approximate surface area is 185 Å². The molecule has 7 nitrogen and oxygen atoms in total. The van der Waals surface area contributed by atoms with E-state index in [1.165, 1.54) is 40.4 Å². The molecule has 1 aromatic carbocycles. The Balaban J connectivity index is 1.62. The van der Waals surface area contributed by atoms with Crippen LogP contribution in [0.15, 0.2) is 56.7 Å². The van der Waals surface area contributed by atoms with E-state index < -0.39 is 17.4 Å². The minimum absolute atomic E-state index is 0.0276. The molecule has 0 radical (unpaired) electrons. The van der Waals surface area contributed by atoms with Gasteiger partial charge in [-0.15, -0.1) is 11.3 Å². The maximum Gasteiger partial charge on any atom is 0.333 e.